The molecule has 2 fully saturated rings. The first-order chi connectivity index (χ1) is 13.0. The number of nitrogens with zero attached hydrogens (tertiary/aromatic N) is 2. The predicted molar refractivity (Wildman–Crippen MR) is 99.6 cm³/mol. The number of hydrogen-bond donors (Lipinski definition) is 1. The van der Waals surface area contributed by atoms with Crippen LogP contribution in [0.15, 0.2) is 52.9 Å². The van der Waals surface area contributed by atoms with Crippen LogP contribution in [0.5, 0.6) is 0 Å². The van der Waals surface area contributed by atoms with E-state index < -0.39 is 10.0 Å². The number of rotatable bonds is 4. The minimum absolute atomic E-state index is 0.0440. The van der Waals surface area contributed by atoms with Crippen LogP contribution in [0.4, 0.5) is 10.8 Å². The number of fused-ring (bicyclic) bond motifs is 5. The summed E-state index contributed by atoms with van der Waals surface area (Å²) in [6, 6.07) is 5.80. The van der Waals surface area contributed by atoms with Gasteiger partial charge in [0.05, 0.1) is 22.4 Å². The molecule has 0 unspecified atom stereocenters. The maximum absolute atomic E-state index is 12.8. The first-order valence-electron chi connectivity index (χ1n) is 8.54. The largest absolute Gasteiger partial charge is 0.274 e. The Balaban J connectivity index is 1.41. The Labute approximate surface area is 159 Å². The van der Waals surface area contributed by atoms with Crippen molar-refractivity contribution >= 4 is 44.0 Å². The molecule has 1 saturated heterocycles. The van der Waals surface area contributed by atoms with Gasteiger partial charge >= 0.3 is 0 Å². The fraction of sp³-hybridized carbons (Fsp3) is 0.278. The second kappa shape index (κ2) is 5.74. The van der Waals surface area contributed by atoms with E-state index in [1.54, 1.807) is 5.38 Å². The van der Waals surface area contributed by atoms with Gasteiger partial charge in [0.15, 0.2) is 5.13 Å². The van der Waals surface area contributed by atoms with Gasteiger partial charge in [0.1, 0.15) is 0 Å². The van der Waals surface area contributed by atoms with E-state index in [9.17, 15) is 18.0 Å². The van der Waals surface area contributed by atoms with E-state index in [2.05, 4.69) is 9.71 Å². The van der Waals surface area contributed by atoms with Gasteiger partial charge in [-0.3, -0.25) is 19.2 Å². The highest BCUT2D eigenvalue weighted by molar-refractivity contribution is 7.93. The highest BCUT2D eigenvalue weighted by Gasteiger charge is 2.59. The van der Waals surface area contributed by atoms with Crippen LogP contribution < -0.4 is 9.62 Å². The Bertz CT molecular complexity index is 1030. The second-order valence-electron chi connectivity index (χ2n) is 6.95. The highest BCUT2D eigenvalue weighted by atomic mass is 32.2. The summed E-state index contributed by atoms with van der Waals surface area (Å²) in [7, 11) is -3.77. The average Bonchev–Trinajstić information content (AvgIpc) is 3.41. The molecule has 7 nitrogen and oxygen atoms in total. The van der Waals surface area contributed by atoms with Crippen molar-refractivity contribution in [2.24, 2.45) is 23.7 Å². The molecule has 2 heterocycles. The minimum atomic E-state index is -3.77. The van der Waals surface area contributed by atoms with Gasteiger partial charge in [0.25, 0.3) is 10.0 Å². The molecule has 1 N–H and O–H groups in total. The molecule has 138 valence electrons. The Morgan fingerprint density at radius 3 is 2.22 bits per heavy atom. The topological polar surface area (TPSA) is 96.4 Å². The van der Waals surface area contributed by atoms with Crippen molar-refractivity contribution < 1.29 is 18.0 Å². The molecule has 5 rings (SSSR count). The van der Waals surface area contributed by atoms with E-state index in [-0.39, 0.29) is 45.5 Å². The van der Waals surface area contributed by atoms with Crippen LogP contribution in [0.2, 0.25) is 0 Å². The quantitative estimate of drug-likeness (QED) is 0.626. The fourth-order valence-electron chi connectivity index (χ4n) is 4.38. The Morgan fingerprint density at radius 2 is 1.67 bits per heavy atom. The van der Waals surface area contributed by atoms with Crippen molar-refractivity contribution in [3.63, 3.8) is 0 Å². The third-order valence-electron chi connectivity index (χ3n) is 5.53. The minimum Gasteiger partial charge on any atom is -0.274 e. The van der Waals surface area contributed by atoms with Crippen LogP contribution in [-0.2, 0) is 19.6 Å². The molecule has 2 amide bonds. The number of amides is 2. The van der Waals surface area contributed by atoms with Gasteiger partial charge in [0.2, 0.25) is 11.8 Å². The predicted octanol–water partition coefficient (Wildman–Crippen LogP) is 2.26. The first-order valence-corrected chi connectivity index (χ1v) is 10.9. The zero-order valence-corrected chi connectivity index (χ0v) is 15.6. The van der Waals surface area contributed by atoms with E-state index >= 15 is 0 Å². The summed E-state index contributed by atoms with van der Waals surface area (Å²) in [6.07, 6.45) is 6.47. The van der Waals surface area contributed by atoms with Crippen LogP contribution in [0.3, 0.4) is 0 Å². The normalized spacial score (nSPS) is 28.8. The number of benzene rings is 1. The summed E-state index contributed by atoms with van der Waals surface area (Å²) >= 11 is 1.18. The maximum atomic E-state index is 12.8. The van der Waals surface area contributed by atoms with E-state index in [1.165, 1.54) is 46.7 Å². The Hall–Kier alpha value is -2.52. The number of hydrogen-bond acceptors (Lipinski definition) is 6. The summed E-state index contributed by atoms with van der Waals surface area (Å²) in [5.41, 5.74) is 0.409. The number of anilines is 2. The smallest absolute Gasteiger partial charge is 0.263 e. The lowest BCUT2D eigenvalue weighted by atomic mass is 9.85. The Kier molecular flexibility index (Phi) is 3.54. The van der Waals surface area contributed by atoms with E-state index in [4.69, 9.17) is 0 Å². The second-order valence-corrected chi connectivity index (χ2v) is 9.53. The molecule has 2 aromatic rings. The maximum Gasteiger partial charge on any atom is 0.263 e. The van der Waals surface area contributed by atoms with Crippen LogP contribution in [0.25, 0.3) is 0 Å². The third kappa shape index (κ3) is 2.45. The van der Waals surface area contributed by atoms with Crippen LogP contribution in [0, 0.1) is 23.7 Å². The first kappa shape index (κ1) is 16.6. The zero-order chi connectivity index (χ0) is 18.8. The van der Waals surface area contributed by atoms with E-state index in [0.717, 1.165) is 6.42 Å². The van der Waals surface area contributed by atoms with Crippen molar-refractivity contribution in [1.82, 2.24) is 4.98 Å². The molecule has 1 aromatic carbocycles. The van der Waals surface area contributed by atoms with Gasteiger partial charge < -0.3 is 0 Å². The summed E-state index contributed by atoms with van der Waals surface area (Å²) in [6.45, 7) is 0. The highest BCUT2D eigenvalue weighted by Crippen LogP contribution is 2.53. The number of aromatic nitrogens is 1. The molecule has 3 aliphatic rings. The number of carbonyl (C=O) groups is 2. The fourth-order valence-corrected chi connectivity index (χ4v) is 6.17. The molecule has 1 aromatic heterocycles. The number of imide groups is 1. The number of thiazole rings is 1. The molecule has 1 aliphatic heterocycles. The number of nitrogens with one attached hydrogen (secondary N) is 1. The van der Waals surface area contributed by atoms with Crippen molar-refractivity contribution in [2.45, 2.75) is 11.3 Å². The van der Waals surface area contributed by atoms with Crippen molar-refractivity contribution in [2.75, 3.05) is 9.62 Å². The molecule has 4 atom stereocenters. The monoisotopic (exact) mass is 401 g/mol. The molecule has 0 spiro atoms. The van der Waals surface area contributed by atoms with Gasteiger partial charge in [-0.25, -0.2) is 13.4 Å². The molecule has 0 radical (unpaired) electrons. The summed E-state index contributed by atoms with van der Waals surface area (Å²) < 4.78 is 27.2. The van der Waals surface area contributed by atoms with Crippen LogP contribution in [-0.4, -0.2) is 25.2 Å². The summed E-state index contributed by atoms with van der Waals surface area (Å²) in [4.78, 5) is 30.8. The van der Waals surface area contributed by atoms with Crippen LogP contribution in [0.1, 0.15) is 6.42 Å². The van der Waals surface area contributed by atoms with Crippen molar-refractivity contribution in [3.8, 4) is 0 Å². The summed E-state index contributed by atoms with van der Waals surface area (Å²) in [5, 5.41) is 1.95. The third-order valence-corrected chi connectivity index (χ3v) is 7.70. The van der Waals surface area contributed by atoms with Gasteiger partial charge in [-0.15, -0.1) is 11.3 Å². The van der Waals surface area contributed by atoms with Gasteiger partial charge in [0, 0.05) is 11.6 Å². The molecule has 27 heavy (non-hydrogen) atoms. The van der Waals surface area contributed by atoms with Gasteiger partial charge in [-0.2, -0.15) is 0 Å². The van der Waals surface area contributed by atoms with Crippen LogP contribution >= 0.6 is 11.3 Å². The van der Waals surface area contributed by atoms with Crippen molar-refractivity contribution in [1.29, 1.82) is 0 Å². The van der Waals surface area contributed by atoms with Crippen molar-refractivity contribution in [3.05, 3.63) is 48.0 Å². The Morgan fingerprint density at radius 1 is 1.04 bits per heavy atom. The average molecular weight is 401 g/mol. The number of allylic oxidation sites excluding steroid dienone is 2. The lowest BCUT2D eigenvalue weighted by Gasteiger charge is -2.17. The zero-order valence-electron chi connectivity index (χ0n) is 14.0. The summed E-state index contributed by atoms with van der Waals surface area (Å²) in [5.74, 6) is -0.631. The SMILES string of the molecule is O=C1[C@@H]2[C@H](C(=O)N1c1ccc(S(=O)(=O)Nc3nccs3)cc1)[C@H]1C=C[C@@H]2C1. The van der Waals surface area contributed by atoms with E-state index in [1.807, 2.05) is 12.2 Å². The molecular formula is C18H15N3O4S2. The van der Waals surface area contributed by atoms with Gasteiger partial charge in [-0.05, 0) is 42.5 Å². The van der Waals surface area contributed by atoms with E-state index in [0.29, 0.717) is 5.69 Å². The molecule has 2 aliphatic carbocycles. The number of carbonyl (C=O) groups excluding carboxylic acids is 2. The molecule has 9 heteroatoms. The number of sulfonamides is 1. The standard InChI is InChI=1S/C18H15N3O4S2/c22-16-14-10-1-2-11(9-10)15(14)17(23)21(16)12-3-5-13(6-4-12)27(24,25)20-18-19-7-8-26-18/h1-8,10-11,14-15H,9H2,(H,19,20)/t10-,11+,14+,15-. The molecular weight excluding hydrogens is 386 g/mol. The lowest BCUT2D eigenvalue weighted by molar-refractivity contribution is -0.123. The lowest BCUT2D eigenvalue weighted by Crippen LogP contribution is -2.32. The molecule has 2 bridgehead atoms. The van der Waals surface area contributed by atoms with Gasteiger partial charge in [-0.1, -0.05) is 12.2 Å². The molecule has 1 saturated carbocycles.